The van der Waals surface area contributed by atoms with Crippen LogP contribution in [0.25, 0.3) is 0 Å². The monoisotopic (exact) mass is 251 g/mol. The van der Waals surface area contributed by atoms with Gasteiger partial charge in [0.15, 0.2) is 5.75 Å². The number of anilines is 1. The summed E-state index contributed by atoms with van der Waals surface area (Å²) in [5, 5.41) is 21.1. The van der Waals surface area contributed by atoms with Gasteiger partial charge in [-0.15, -0.1) is 0 Å². The summed E-state index contributed by atoms with van der Waals surface area (Å²) >= 11 is 0. The van der Waals surface area contributed by atoms with Crippen molar-refractivity contribution in [2.24, 2.45) is 5.92 Å². The Labute approximate surface area is 105 Å². The molecule has 0 aromatic heterocycles. The van der Waals surface area contributed by atoms with E-state index in [9.17, 15) is 14.7 Å². The fourth-order valence-electron chi connectivity index (χ4n) is 1.64. The van der Waals surface area contributed by atoms with Gasteiger partial charge in [-0.1, -0.05) is 26.3 Å². The van der Waals surface area contributed by atoms with E-state index in [0.717, 1.165) is 12.8 Å². The second-order valence-corrected chi connectivity index (χ2v) is 4.19. The first-order valence-corrected chi connectivity index (χ1v) is 5.83. The molecule has 0 radical (unpaired) electrons. The molecular weight excluding hydrogens is 234 g/mol. The maximum Gasteiger partial charge on any atom is 0.339 e. The van der Waals surface area contributed by atoms with E-state index in [1.54, 1.807) is 6.92 Å². The molecule has 18 heavy (non-hydrogen) atoms. The van der Waals surface area contributed by atoms with Gasteiger partial charge in [0, 0.05) is 5.92 Å². The average Bonchev–Trinajstić information content (AvgIpc) is 2.31. The van der Waals surface area contributed by atoms with Gasteiger partial charge in [-0.2, -0.15) is 0 Å². The van der Waals surface area contributed by atoms with Gasteiger partial charge >= 0.3 is 5.97 Å². The number of carboxylic acid groups (broad SMARTS) is 1. The van der Waals surface area contributed by atoms with Crippen LogP contribution in [0.5, 0.6) is 5.75 Å². The van der Waals surface area contributed by atoms with E-state index < -0.39 is 11.7 Å². The number of amides is 1. The molecule has 98 valence electrons. The largest absolute Gasteiger partial charge is 0.505 e. The Bertz CT molecular complexity index is 456. The Morgan fingerprint density at radius 1 is 1.39 bits per heavy atom. The van der Waals surface area contributed by atoms with Crippen molar-refractivity contribution in [2.75, 3.05) is 5.32 Å². The third-order valence-corrected chi connectivity index (χ3v) is 2.69. The van der Waals surface area contributed by atoms with Gasteiger partial charge in [-0.3, -0.25) is 4.79 Å². The van der Waals surface area contributed by atoms with Gasteiger partial charge in [-0.25, -0.2) is 4.79 Å². The summed E-state index contributed by atoms with van der Waals surface area (Å²) in [7, 11) is 0. The number of rotatable bonds is 5. The first kappa shape index (κ1) is 14.0. The highest BCUT2D eigenvalue weighted by Gasteiger charge is 2.17. The molecule has 1 aromatic carbocycles. The van der Waals surface area contributed by atoms with Crippen molar-refractivity contribution in [2.45, 2.75) is 26.7 Å². The van der Waals surface area contributed by atoms with Crippen LogP contribution in [0.4, 0.5) is 5.69 Å². The van der Waals surface area contributed by atoms with Crippen molar-refractivity contribution in [3.63, 3.8) is 0 Å². The second-order valence-electron chi connectivity index (χ2n) is 4.19. The minimum absolute atomic E-state index is 0.128. The highest BCUT2D eigenvalue weighted by Crippen LogP contribution is 2.28. The van der Waals surface area contributed by atoms with E-state index in [4.69, 9.17) is 5.11 Å². The van der Waals surface area contributed by atoms with Crippen LogP contribution < -0.4 is 5.32 Å². The zero-order chi connectivity index (χ0) is 13.7. The molecule has 0 bridgehead atoms. The summed E-state index contributed by atoms with van der Waals surface area (Å²) in [5.74, 6) is -2.05. The molecule has 3 N–H and O–H groups in total. The molecule has 1 aromatic rings. The Morgan fingerprint density at radius 2 is 2.06 bits per heavy atom. The summed E-state index contributed by atoms with van der Waals surface area (Å²) in [6.45, 7) is 3.77. The van der Waals surface area contributed by atoms with Crippen molar-refractivity contribution in [1.82, 2.24) is 0 Å². The molecular formula is C13H17NO4. The van der Waals surface area contributed by atoms with E-state index in [2.05, 4.69) is 5.32 Å². The number of nitrogens with one attached hydrogen (secondary N) is 1. The summed E-state index contributed by atoms with van der Waals surface area (Å²) in [5.41, 5.74) is -0.0983. The van der Waals surface area contributed by atoms with Crippen molar-refractivity contribution in [1.29, 1.82) is 0 Å². The number of benzene rings is 1. The normalized spacial score (nSPS) is 11.9. The standard InChI is InChI=1S/C13H17NO4/c1-3-5-8(2)12(16)14-10-7-4-6-9(11(10)15)13(17)18/h4,6-8,15H,3,5H2,1-2H3,(H,14,16)(H,17,18). The highest BCUT2D eigenvalue weighted by atomic mass is 16.4. The molecule has 1 unspecified atom stereocenters. The average molecular weight is 251 g/mol. The molecule has 1 amide bonds. The predicted molar refractivity (Wildman–Crippen MR) is 67.8 cm³/mol. The highest BCUT2D eigenvalue weighted by molar-refractivity contribution is 5.98. The predicted octanol–water partition coefficient (Wildman–Crippen LogP) is 2.47. The van der Waals surface area contributed by atoms with Crippen LogP contribution in [0, 0.1) is 5.92 Å². The molecule has 0 saturated heterocycles. The quantitative estimate of drug-likeness (QED) is 0.701. The minimum atomic E-state index is -1.23. The van der Waals surface area contributed by atoms with E-state index >= 15 is 0 Å². The molecule has 0 fully saturated rings. The number of aromatic hydroxyl groups is 1. The number of hydrogen-bond acceptors (Lipinski definition) is 3. The molecule has 1 rings (SSSR count). The van der Waals surface area contributed by atoms with E-state index in [0.29, 0.717) is 0 Å². The fraction of sp³-hybridized carbons (Fsp3) is 0.385. The van der Waals surface area contributed by atoms with Gasteiger partial charge in [0.2, 0.25) is 5.91 Å². The lowest BCUT2D eigenvalue weighted by Gasteiger charge is -2.13. The van der Waals surface area contributed by atoms with Crippen LogP contribution in [0.3, 0.4) is 0 Å². The number of carboxylic acids is 1. The van der Waals surface area contributed by atoms with Gasteiger partial charge < -0.3 is 15.5 Å². The summed E-state index contributed by atoms with van der Waals surface area (Å²) < 4.78 is 0. The molecule has 0 saturated carbocycles. The number of para-hydroxylation sites is 1. The third kappa shape index (κ3) is 3.23. The Balaban J connectivity index is 2.88. The van der Waals surface area contributed by atoms with Crippen LogP contribution in [-0.4, -0.2) is 22.1 Å². The Kier molecular flexibility index (Phi) is 4.71. The molecule has 0 aliphatic heterocycles. The van der Waals surface area contributed by atoms with Crippen molar-refractivity contribution in [3.8, 4) is 5.75 Å². The fourth-order valence-corrected chi connectivity index (χ4v) is 1.64. The molecule has 0 spiro atoms. The molecule has 1 atom stereocenters. The number of aromatic carboxylic acids is 1. The zero-order valence-electron chi connectivity index (χ0n) is 10.4. The minimum Gasteiger partial charge on any atom is -0.505 e. The van der Waals surface area contributed by atoms with E-state index in [-0.39, 0.29) is 23.1 Å². The lowest BCUT2D eigenvalue weighted by molar-refractivity contribution is -0.119. The van der Waals surface area contributed by atoms with Crippen molar-refractivity contribution < 1.29 is 19.8 Å². The van der Waals surface area contributed by atoms with Crippen LogP contribution in [0.1, 0.15) is 37.0 Å². The molecule has 5 nitrogen and oxygen atoms in total. The number of phenols is 1. The molecule has 0 aliphatic rings. The third-order valence-electron chi connectivity index (χ3n) is 2.69. The van der Waals surface area contributed by atoms with Crippen LogP contribution in [-0.2, 0) is 4.79 Å². The van der Waals surface area contributed by atoms with Crippen LogP contribution >= 0.6 is 0 Å². The lowest BCUT2D eigenvalue weighted by Crippen LogP contribution is -2.20. The smallest absolute Gasteiger partial charge is 0.339 e. The Morgan fingerprint density at radius 3 is 2.61 bits per heavy atom. The summed E-state index contributed by atoms with van der Waals surface area (Å²) in [6.07, 6.45) is 1.63. The topological polar surface area (TPSA) is 86.6 Å². The summed E-state index contributed by atoms with van der Waals surface area (Å²) in [6, 6.07) is 4.23. The number of hydrogen-bond donors (Lipinski definition) is 3. The number of carbonyl (C=O) groups is 2. The molecule has 0 heterocycles. The molecule has 0 aliphatic carbocycles. The van der Waals surface area contributed by atoms with Gasteiger partial charge in [0.1, 0.15) is 5.56 Å². The molecule has 5 heteroatoms. The van der Waals surface area contributed by atoms with Crippen LogP contribution in [0.15, 0.2) is 18.2 Å². The maximum atomic E-state index is 11.8. The SMILES string of the molecule is CCCC(C)C(=O)Nc1cccc(C(=O)O)c1O. The van der Waals surface area contributed by atoms with E-state index in [1.807, 2.05) is 6.92 Å². The summed E-state index contributed by atoms with van der Waals surface area (Å²) in [4.78, 5) is 22.6. The van der Waals surface area contributed by atoms with Crippen LogP contribution in [0.2, 0.25) is 0 Å². The zero-order valence-corrected chi connectivity index (χ0v) is 10.4. The lowest BCUT2D eigenvalue weighted by atomic mass is 10.1. The van der Waals surface area contributed by atoms with Crippen molar-refractivity contribution >= 4 is 17.6 Å². The second kappa shape index (κ2) is 6.05. The number of carbonyl (C=O) groups excluding carboxylic acids is 1. The van der Waals surface area contributed by atoms with Gasteiger partial charge in [0.25, 0.3) is 0 Å². The first-order chi connectivity index (χ1) is 8.47. The first-order valence-electron chi connectivity index (χ1n) is 5.83. The maximum absolute atomic E-state index is 11.8. The Hall–Kier alpha value is -2.04. The van der Waals surface area contributed by atoms with Gasteiger partial charge in [0.05, 0.1) is 5.69 Å². The van der Waals surface area contributed by atoms with E-state index in [1.165, 1.54) is 18.2 Å². The van der Waals surface area contributed by atoms with Gasteiger partial charge in [-0.05, 0) is 18.6 Å². The van der Waals surface area contributed by atoms with Crippen molar-refractivity contribution in [3.05, 3.63) is 23.8 Å².